The van der Waals surface area contributed by atoms with E-state index in [2.05, 4.69) is 20.8 Å². The van der Waals surface area contributed by atoms with Crippen molar-refractivity contribution in [3.63, 3.8) is 0 Å². The Morgan fingerprint density at radius 3 is 3.12 bits per heavy atom. The van der Waals surface area contributed by atoms with Crippen LogP contribution < -0.4 is 10.6 Å². The molecule has 2 heterocycles. The molecule has 6 nitrogen and oxygen atoms in total. The molecule has 0 saturated carbocycles. The van der Waals surface area contributed by atoms with Gasteiger partial charge in [-0.25, -0.2) is 0 Å². The normalized spacial score (nSPS) is 20.7. The second kappa shape index (κ2) is 5.07. The first kappa shape index (κ1) is 11.1. The Morgan fingerprint density at radius 2 is 2.50 bits per heavy atom. The summed E-state index contributed by atoms with van der Waals surface area (Å²) in [6, 6.07) is 0. The van der Waals surface area contributed by atoms with Crippen molar-refractivity contribution < 1.29 is 9.21 Å². The van der Waals surface area contributed by atoms with Gasteiger partial charge in [0, 0.05) is 13.5 Å². The SMILES string of the molecule is Cc1nnc(CNC(=O)[C@@H]2CCCNC2)o1. The molecule has 1 aromatic rings. The summed E-state index contributed by atoms with van der Waals surface area (Å²) < 4.78 is 5.17. The Bertz CT molecular complexity index is 357. The number of rotatable bonds is 3. The van der Waals surface area contributed by atoms with Crippen LogP contribution >= 0.6 is 0 Å². The number of aryl methyl sites for hydroxylation is 1. The molecule has 1 saturated heterocycles. The fraction of sp³-hybridized carbons (Fsp3) is 0.700. The molecule has 2 N–H and O–H groups in total. The highest BCUT2D eigenvalue weighted by Crippen LogP contribution is 2.09. The number of nitrogens with one attached hydrogen (secondary N) is 2. The largest absolute Gasteiger partial charge is 0.424 e. The van der Waals surface area contributed by atoms with Gasteiger partial charge in [0.2, 0.25) is 17.7 Å². The molecule has 0 radical (unpaired) electrons. The van der Waals surface area contributed by atoms with Crippen LogP contribution in [-0.2, 0) is 11.3 Å². The van der Waals surface area contributed by atoms with E-state index in [-0.39, 0.29) is 11.8 Å². The fourth-order valence-electron chi connectivity index (χ4n) is 1.79. The van der Waals surface area contributed by atoms with Crippen LogP contribution in [0.25, 0.3) is 0 Å². The predicted molar refractivity (Wildman–Crippen MR) is 56.5 cm³/mol. The Balaban J connectivity index is 1.78. The second-order valence-corrected chi connectivity index (χ2v) is 3.98. The van der Waals surface area contributed by atoms with Crippen molar-refractivity contribution >= 4 is 5.91 Å². The summed E-state index contributed by atoms with van der Waals surface area (Å²) >= 11 is 0. The van der Waals surface area contributed by atoms with Crippen LogP contribution in [0.4, 0.5) is 0 Å². The lowest BCUT2D eigenvalue weighted by molar-refractivity contribution is -0.125. The molecule has 1 aliphatic heterocycles. The summed E-state index contributed by atoms with van der Waals surface area (Å²) in [5, 5.41) is 13.5. The fourth-order valence-corrected chi connectivity index (χ4v) is 1.79. The van der Waals surface area contributed by atoms with E-state index < -0.39 is 0 Å². The van der Waals surface area contributed by atoms with E-state index in [1.54, 1.807) is 6.92 Å². The van der Waals surface area contributed by atoms with Gasteiger partial charge in [0.25, 0.3) is 0 Å². The lowest BCUT2D eigenvalue weighted by atomic mass is 9.99. The van der Waals surface area contributed by atoms with E-state index in [1.165, 1.54) is 0 Å². The maximum atomic E-state index is 11.7. The summed E-state index contributed by atoms with van der Waals surface area (Å²) in [7, 11) is 0. The molecule has 0 aromatic carbocycles. The van der Waals surface area contributed by atoms with Crippen molar-refractivity contribution in [2.45, 2.75) is 26.3 Å². The van der Waals surface area contributed by atoms with Gasteiger partial charge in [-0.3, -0.25) is 4.79 Å². The maximum absolute atomic E-state index is 11.7. The number of aromatic nitrogens is 2. The summed E-state index contributed by atoms with van der Waals surface area (Å²) in [4.78, 5) is 11.7. The third-order valence-corrected chi connectivity index (χ3v) is 2.65. The van der Waals surface area contributed by atoms with Gasteiger partial charge in [-0.05, 0) is 19.4 Å². The number of carbonyl (C=O) groups excluding carboxylic acids is 1. The molecule has 2 rings (SSSR count). The van der Waals surface area contributed by atoms with Crippen LogP contribution in [0.2, 0.25) is 0 Å². The highest BCUT2D eigenvalue weighted by Gasteiger charge is 2.20. The molecular formula is C10H16N4O2. The minimum absolute atomic E-state index is 0.0584. The number of piperidine rings is 1. The van der Waals surface area contributed by atoms with Gasteiger partial charge in [0.05, 0.1) is 12.5 Å². The van der Waals surface area contributed by atoms with Crippen LogP contribution in [0, 0.1) is 12.8 Å². The molecule has 16 heavy (non-hydrogen) atoms. The molecule has 0 bridgehead atoms. The molecule has 88 valence electrons. The quantitative estimate of drug-likeness (QED) is 0.755. The average molecular weight is 224 g/mol. The Hall–Kier alpha value is -1.43. The second-order valence-electron chi connectivity index (χ2n) is 3.98. The standard InChI is InChI=1S/C10H16N4O2/c1-7-13-14-9(16-7)6-12-10(15)8-3-2-4-11-5-8/h8,11H,2-6H2,1H3,(H,12,15)/t8-/m1/s1. The minimum Gasteiger partial charge on any atom is -0.424 e. The summed E-state index contributed by atoms with van der Waals surface area (Å²) in [6.07, 6.45) is 2.00. The molecule has 6 heteroatoms. The molecule has 1 atom stereocenters. The monoisotopic (exact) mass is 224 g/mol. The molecule has 1 amide bonds. The van der Waals surface area contributed by atoms with Crippen molar-refractivity contribution in [1.82, 2.24) is 20.8 Å². The van der Waals surface area contributed by atoms with E-state index >= 15 is 0 Å². The molecule has 0 aliphatic carbocycles. The number of nitrogens with zero attached hydrogens (tertiary/aromatic N) is 2. The third kappa shape index (κ3) is 2.79. The lowest BCUT2D eigenvalue weighted by Crippen LogP contribution is -2.40. The van der Waals surface area contributed by atoms with Crippen molar-refractivity contribution in [3.05, 3.63) is 11.8 Å². The lowest BCUT2D eigenvalue weighted by Gasteiger charge is -2.21. The third-order valence-electron chi connectivity index (χ3n) is 2.65. The zero-order valence-corrected chi connectivity index (χ0v) is 9.32. The van der Waals surface area contributed by atoms with Crippen molar-refractivity contribution in [2.75, 3.05) is 13.1 Å². The Kier molecular flexibility index (Phi) is 3.51. The number of hydrogen-bond acceptors (Lipinski definition) is 5. The van der Waals surface area contributed by atoms with Crippen molar-refractivity contribution in [3.8, 4) is 0 Å². The Morgan fingerprint density at radius 1 is 1.62 bits per heavy atom. The molecule has 1 aromatic heterocycles. The number of amides is 1. The van der Waals surface area contributed by atoms with E-state index in [4.69, 9.17) is 4.42 Å². The van der Waals surface area contributed by atoms with Gasteiger partial charge in [-0.15, -0.1) is 10.2 Å². The molecular weight excluding hydrogens is 208 g/mol. The van der Waals surface area contributed by atoms with E-state index in [0.717, 1.165) is 25.9 Å². The van der Waals surface area contributed by atoms with Gasteiger partial charge in [-0.2, -0.15) is 0 Å². The molecule has 1 aliphatic rings. The first-order valence-electron chi connectivity index (χ1n) is 5.53. The van der Waals surface area contributed by atoms with Crippen molar-refractivity contribution in [1.29, 1.82) is 0 Å². The van der Waals surface area contributed by atoms with Crippen LogP contribution in [-0.4, -0.2) is 29.2 Å². The Labute approximate surface area is 93.8 Å². The van der Waals surface area contributed by atoms with Gasteiger partial charge in [0.1, 0.15) is 0 Å². The minimum atomic E-state index is 0.0584. The topological polar surface area (TPSA) is 80.0 Å². The van der Waals surface area contributed by atoms with Crippen molar-refractivity contribution in [2.24, 2.45) is 5.92 Å². The van der Waals surface area contributed by atoms with Crippen LogP contribution in [0.1, 0.15) is 24.6 Å². The highest BCUT2D eigenvalue weighted by atomic mass is 16.4. The number of hydrogen-bond donors (Lipinski definition) is 2. The van der Waals surface area contributed by atoms with Gasteiger partial charge in [0.15, 0.2) is 0 Å². The van der Waals surface area contributed by atoms with Gasteiger partial charge >= 0.3 is 0 Å². The smallest absolute Gasteiger partial charge is 0.235 e. The van der Waals surface area contributed by atoms with E-state index in [9.17, 15) is 4.79 Å². The number of carbonyl (C=O) groups is 1. The predicted octanol–water partition coefficient (Wildman–Crippen LogP) is -0.00618. The average Bonchev–Trinajstić information content (AvgIpc) is 2.73. The summed E-state index contributed by atoms with van der Waals surface area (Å²) in [5.41, 5.74) is 0. The molecule has 1 fully saturated rings. The maximum Gasteiger partial charge on any atom is 0.235 e. The van der Waals surface area contributed by atoms with Gasteiger partial charge in [-0.1, -0.05) is 0 Å². The van der Waals surface area contributed by atoms with E-state index in [1.807, 2.05) is 0 Å². The zero-order chi connectivity index (χ0) is 11.4. The molecule has 0 spiro atoms. The van der Waals surface area contributed by atoms with Crippen LogP contribution in [0.5, 0.6) is 0 Å². The van der Waals surface area contributed by atoms with E-state index in [0.29, 0.717) is 18.3 Å². The summed E-state index contributed by atoms with van der Waals surface area (Å²) in [5.74, 6) is 1.10. The first-order valence-corrected chi connectivity index (χ1v) is 5.53. The first-order chi connectivity index (χ1) is 7.75. The van der Waals surface area contributed by atoms with Gasteiger partial charge < -0.3 is 15.1 Å². The highest BCUT2D eigenvalue weighted by molar-refractivity contribution is 5.78. The summed E-state index contributed by atoms with van der Waals surface area (Å²) in [6.45, 7) is 3.81. The van der Waals surface area contributed by atoms with Crippen LogP contribution in [0.3, 0.4) is 0 Å². The zero-order valence-electron chi connectivity index (χ0n) is 9.32. The van der Waals surface area contributed by atoms with Crippen LogP contribution in [0.15, 0.2) is 4.42 Å². The molecule has 0 unspecified atom stereocenters.